The Kier molecular flexibility index (Phi) is 4.39. The third-order valence-corrected chi connectivity index (χ3v) is 6.02. The average molecular weight is 425 g/mol. The third kappa shape index (κ3) is 3.10. The fourth-order valence-corrected chi connectivity index (χ4v) is 4.52. The first-order valence-electron chi connectivity index (χ1n) is 9.92. The number of carbonyl (C=O) groups excluding carboxylic acids is 1. The second-order valence-corrected chi connectivity index (χ2v) is 7.90. The highest BCUT2D eigenvalue weighted by atomic mass is 19.2. The molecule has 5 rings (SSSR count). The molecule has 2 heterocycles. The molecule has 1 amide bonds. The number of nitrogens with zero attached hydrogens (tertiary/aromatic N) is 1. The molecule has 8 heteroatoms. The number of fused-ring (bicyclic) bond motifs is 4. The van der Waals surface area contributed by atoms with Crippen molar-refractivity contribution in [2.45, 2.75) is 25.3 Å². The van der Waals surface area contributed by atoms with Crippen molar-refractivity contribution < 1.29 is 18.0 Å². The predicted molar refractivity (Wildman–Crippen MR) is 111 cm³/mol. The lowest BCUT2D eigenvalue weighted by Crippen LogP contribution is -2.34. The van der Waals surface area contributed by atoms with Crippen LogP contribution in [0.1, 0.15) is 40.6 Å². The Morgan fingerprint density at radius 3 is 2.55 bits per heavy atom. The predicted octanol–water partition coefficient (Wildman–Crippen LogP) is 4.58. The Labute approximate surface area is 174 Å². The van der Waals surface area contributed by atoms with Gasteiger partial charge in [0.05, 0.1) is 11.4 Å². The number of H-pyrrole nitrogens is 2. The molecule has 4 aromatic rings. The lowest BCUT2D eigenvalue weighted by molar-refractivity contribution is 0.0710. The summed E-state index contributed by atoms with van der Waals surface area (Å²) in [6, 6.07) is 7.28. The summed E-state index contributed by atoms with van der Waals surface area (Å²) >= 11 is 0. The van der Waals surface area contributed by atoms with Gasteiger partial charge in [-0.2, -0.15) is 0 Å². The summed E-state index contributed by atoms with van der Waals surface area (Å²) in [5, 5.41) is 0.931. The molecule has 0 bridgehead atoms. The third-order valence-electron chi connectivity index (χ3n) is 6.02. The molecule has 5 nitrogen and oxygen atoms in total. The van der Waals surface area contributed by atoms with Gasteiger partial charge in [0.25, 0.3) is 11.5 Å². The second-order valence-electron chi connectivity index (χ2n) is 7.90. The molecule has 0 saturated heterocycles. The SMILES string of the molecule is CN(C(=O)c1cc2cc(F)ccc2[nH]1)[C@@H]1CCCc2[nH]c(=O)c3cc(F)c(F)cc3c21. The number of hydrogen-bond acceptors (Lipinski definition) is 2. The lowest BCUT2D eigenvalue weighted by Gasteiger charge is -2.33. The number of hydrogen-bond donors (Lipinski definition) is 2. The summed E-state index contributed by atoms with van der Waals surface area (Å²) < 4.78 is 41.3. The van der Waals surface area contributed by atoms with Crippen LogP contribution in [0, 0.1) is 17.5 Å². The van der Waals surface area contributed by atoms with E-state index in [1.54, 1.807) is 19.2 Å². The van der Waals surface area contributed by atoms with Crippen LogP contribution < -0.4 is 5.56 Å². The lowest BCUT2D eigenvalue weighted by atomic mass is 9.86. The van der Waals surface area contributed by atoms with Gasteiger partial charge in [0, 0.05) is 29.2 Å². The van der Waals surface area contributed by atoms with Gasteiger partial charge in [-0.25, -0.2) is 13.2 Å². The standard InChI is InChI=1S/C23H18F3N3O2/c1-29(23(31)19-8-11-7-12(24)5-6-17(11)27-19)20-4-2-3-18-21(20)13-9-15(25)16(26)10-14(13)22(30)28-18/h5-10,20,27H,2-4H2,1H3,(H,28,30)/t20-/m1/s1. The highest BCUT2D eigenvalue weighted by Gasteiger charge is 2.31. The molecular formula is C23H18F3N3O2. The van der Waals surface area contributed by atoms with E-state index >= 15 is 0 Å². The van der Waals surface area contributed by atoms with Crippen molar-refractivity contribution in [2.75, 3.05) is 7.05 Å². The number of halogens is 3. The van der Waals surface area contributed by atoms with Crippen LogP contribution in [0.2, 0.25) is 0 Å². The minimum atomic E-state index is -1.10. The first kappa shape index (κ1) is 19.4. The zero-order valence-electron chi connectivity index (χ0n) is 16.6. The van der Waals surface area contributed by atoms with Crippen LogP contribution in [0.15, 0.2) is 41.2 Å². The number of aryl methyl sites for hydroxylation is 1. The van der Waals surface area contributed by atoms with Gasteiger partial charge in [0.15, 0.2) is 11.6 Å². The first-order chi connectivity index (χ1) is 14.8. The van der Waals surface area contributed by atoms with Gasteiger partial charge in [-0.3, -0.25) is 9.59 Å². The van der Waals surface area contributed by atoms with Gasteiger partial charge >= 0.3 is 0 Å². The molecule has 31 heavy (non-hydrogen) atoms. The molecule has 0 unspecified atom stereocenters. The molecule has 0 aliphatic heterocycles. The summed E-state index contributed by atoms with van der Waals surface area (Å²) in [4.78, 5) is 32.9. The minimum Gasteiger partial charge on any atom is -0.351 e. The average Bonchev–Trinajstić information content (AvgIpc) is 3.17. The topological polar surface area (TPSA) is 69.0 Å². The Balaban J connectivity index is 1.61. The number of aromatic amines is 2. The van der Waals surface area contributed by atoms with E-state index in [1.807, 2.05) is 0 Å². The Morgan fingerprint density at radius 1 is 1.03 bits per heavy atom. The van der Waals surface area contributed by atoms with Crippen LogP contribution in [0.3, 0.4) is 0 Å². The highest BCUT2D eigenvalue weighted by Crippen LogP contribution is 2.37. The van der Waals surface area contributed by atoms with E-state index in [4.69, 9.17) is 0 Å². The number of aromatic nitrogens is 2. The van der Waals surface area contributed by atoms with E-state index in [1.165, 1.54) is 17.0 Å². The van der Waals surface area contributed by atoms with Crippen LogP contribution >= 0.6 is 0 Å². The molecular weight excluding hydrogens is 407 g/mol. The largest absolute Gasteiger partial charge is 0.351 e. The van der Waals surface area contributed by atoms with Gasteiger partial charge in [-0.15, -0.1) is 0 Å². The molecule has 0 fully saturated rings. The zero-order valence-corrected chi connectivity index (χ0v) is 16.6. The Bertz CT molecular complexity index is 1420. The molecule has 0 spiro atoms. The van der Waals surface area contributed by atoms with Crippen LogP contribution in [0.25, 0.3) is 21.7 Å². The van der Waals surface area contributed by atoms with Gasteiger partial charge in [0.2, 0.25) is 0 Å². The number of benzene rings is 2. The summed E-state index contributed by atoms with van der Waals surface area (Å²) in [7, 11) is 1.63. The molecule has 2 aromatic heterocycles. The van der Waals surface area contributed by atoms with Gasteiger partial charge in [-0.05, 0) is 61.0 Å². The summed E-state index contributed by atoms with van der Waals surface area (Å²) in [5.74, 6) is -2.86. The number of carbonyl (C=O) groups is 1. The van der Waals surface area contributed by atoms with Crippen molar-refractivity contribution in [2.24, 2.45) is 0 Å². The van der Waals surface area contributed by atoms with Crippen molar-refractivity contribution in [3.05, 3.63) is 81.2 Å². The maximum Gasteiger partial charge on any atom is 0.270 e. The van der Waals surface area contributed by atoms with E-state index < -0.39 is 29.1 Å². The van der Waals surface area contributed by atoms with Crippen LogP contribution in [-0.4, -0.2) is 27.8 Å². The molecule has 1 aliphatic rings. The van der Waals surface area contributed by atoms with Gasteiger partial charge in [-0.1, -0.05) is 0 Å². The summed E-state index contributed by atoms with van der Waals surface area (Å²) in [6.07, 6.45) is 1.90. The number of nitrogens with one attached hydrogen (secondary N) is 2. The monoisotopic (exact) mass is 425 g/mol. The zero-order chi connectivity index (χ0) is 21.9. The van der Waals surface area contributed by atoms with Gasteiger partial charge < -0.3 is 14.9 Å². The van der Waals surface area contributed by atoms with Crippen LogP contribution in [0.4, 0.5) is 13.2 Å². The van der Waals surface area contributed by atoms with Crippen LogP contribution in [-0.2, 0) is 6.42 Å². The molecule has 158 valence electrons. The normalized spacial score (nSPS) is 15.9. The molecule has 0 radical (unpaired) electrons. The van der Waals surface area contributed by atoms with E-state index in [2.05, 4.69) is 9.97 Å². The smallest absolute Gasteiger partial charge is 0.270 e. The Hall–Kier alpha value is -3.55. The summed E-state index contributed by atoms with van der Waals surface area (Å²) in [6.45, 7) is 0. The van der Waals surface area contributed by atoms with Crippen molar-refractivity contribution >= 4 is 27.6 Å². The van der Waals surface area contributed by atoms with E-state index in [0.29, 0.717) is 46.1 Å². The molecule has 2 N–H and O–H groups in total. The number of rotatable bonds is 2. The van der Waals surface area contributed by atoms with E-state index in [-0.39, 0.29) is 11.3 Å². The highest BCUT2D eigenvalue weighted by molar-refractivity contribution is 5.98. The molecule has 2 aromatic carbocycles. The van der Waals surface area contributed by atoms with E-state index in [9.17, 15) is 22.8 Å². The van der Waals surface area contributed by atoms with Crippen molar-refractivity contribution in [1.82, 2.24) is 14.9 Å². The molecule has 1 atom stereocenters. The fourth-order valence-electron chi connectivity index (χ4n) is 4.52. The number of pyridine rings is 1. The number of amides is 1. The first-order valence-corrected chi connectivity index (χ1v) is 9.92. The Morgan fingerprint density at radius 2 is 1.77 bits per heavy atom. The summed E-state index contributed by atoms with van der Waals surface area (Å²) in [5.41, 5.74) is 1.69. The molecule has 0 saturated carbocycles. The minimum absolute atomic E-state index is 0.0477. The van der Waals surface area contributed by atoms with Gasteiger partial charge in [0.1, 0.15) is 11.5 Å². The van der Waals surface area contributed by atoms with E-state index in [0.717, 1.165) is 18.6 Å². The van der Waals surface area contributed by atoms with Crippen molar-refractivity contribution in [1.29, 1.82) is 0 Å². The second kappa shape index (κ2) is 7.01. The fraction of sp³-hybridized carbons (Fsp3) is 0.217. The molecule has 1 aliphatic carbocycles. The van der Waals surface area contributed by atoms with Crippen molar-refractivity contribution in [3.63, 3.8) is 0 Å². The quantitative estimate of drug-likeness (QED) is 0.494. The van der Waals surface area contributed by atoms with Crippen molar-refractivity contribution in [3.8, 4) is 0 Å². The van der Waals surface area contributed by atoms with Crippen LogP contribution in [0.5, 0.6) is 0 Å². The maximum atomic E-state index is 14.0. The maximum absolute atomic E-state index is 14.0.